The van der Waals surface area contributed by atoms with Gasteiger partial charge >= 0.3 is 0 Å². The minimum absolute atomic E-state index is 0.425. The van der Waals surface area contributed by atoms with Gasteiger partial charge in [-0.1, -0.05) is 18.2 Å². The van der Waals surface area contributed by atoms with E-state index in [1.54, 1.807) is 0 Å². The molecule has 2 aliphatic heterocycles. The summed E-state index contributed by atoms with van der Waals surface area (Å²) in [5.41, 5.74) is 1.32. The molecule has 0 spiro atoms. The van der Waals surface area contributed by atoms with E-state index in [1.165, 1.54) is 5.56 Å². The van der Waals surface area contributed by atoms with Crippen LogP contribution in [0.4, 0.5) is 0 Å². The predicted octanol–water partition coefficient (Wildman–Crippen LogP) is 1.56. The van der Waals surface area contributed by atoms with Crippen molar-refractivity contribution in [1.82, 2.24) is 0 Å². The average Bonchev–Trinajstić information content (AvgIpc) is 2.86. The predicted molar refractivity (Wildman–Crippen MR) is 44.4 cm³/mol. The topological polar surface area (TPSA) is 21.8 Å². The van der Waals surface area contributed by atoms with Crippen molar-refractivity contribution in [3.8, 4) is 5.75 Å². The van der Waals surface area contributed by atoms with Gasteiger partial charge in [-0.25, -0.2) is 0 Å². The van der Waals surface area contributed by atoms with Crippen LogP contribution in [0.2, 0.25) is 0 Å². The fourth-order valence-electron chi connectivity index (χ4n) is 1.78. The molecule has 2 atom stereocenters. The lowest BCUT2D eigenvalue weighted by Gasteiger charge is -2.01. The lowest BCUT2D eigenvalue weighted by molar-refractivity contribution is 0.293. The molecule has 0 aromatic heterocycles. The van der Waals surface area contributed by atoms with Gasteiger partial charge in [0.15, 0.2) is 0 Å². The second-order valence-electron chi connectivity index (χ2n) is 3.33. The summed E-state index contributed by atoms with van der Waals surface area (Å²) in [6.07, 6.45) is 0.425. The maximum atomic E-state index is 5.53. The standard InChI is InChI=1S/C10H10O2/c1-2-4-9-7(3-1)8(5-11-9)10-6-12-10/h1-4,8,10H,5-6H2. The first-order valence-electron chi connectivity index (χ1n) is 4.28. The Morgan fingerprint density at radius 1 is 1.17 bits per heavy atom. The first-order valence-corrected chi connectivity index (χ1v) is 4.28. The molecule has 2 heteroatoms. The zero-order chi connectivity index (χ0) is 7.97. The fourth-order valence-corrected chi connectivity index (χ4v) is 1.78. The first-order chi connectivity index (χ1) is 5.95. The Kier molecular flexibility index (Phi) is 1.21. The maximum absolute atomic E-state index is 5.53. The molecule has 3 rings (SSSR count). The molecule has 0 radical (unpaired) electrons. The number of hydrogen-bond donors (Lipinski definition) is 0. The van der Waals surface area contributed by atoms with Crippen molar-refractivity contribution < 1.29 is 9.47 Å². The summed E-state index contributed by atoms with van der Waals surface area (Å²) in [7, 11) is 0. The molecule has 2 nitrogen and oxygen atoms in total. The van der Waals surface area contributed by atoms with Crippen molar-refractivity contribution in [1.29, 1.82) is 0 Å². The van der Waals surface area contributed by atoms with E-state index in [0.717, 1.165) is 19.0 Å². The summed E-state index contributed by atoms with van der Waals surface area (Å²) in [4.78, 5) is 0. The van der Waals surface area contributed by atoms with Crippen molar-refractivity contribution in [2.24, 2.45) is 0 Å². The van der Waals surface area contributed by atoms with Crippen LogP contribution in [0.5, 0.6) is 5.75 Å². The van der Waals surface area contributed by atoms with Gasteiger partial charge in [-0.2, -0.15) is 0 Å². The van der Waals surface area contributed by atoms with Gasteiger partial charge < -0.3 is 9.47 Å². The highest BCUT2D eigenvalue weighted by Crippen LogP contribution is 2.40. The molecule has 1 aromatic rings. The third kappa shape index (κ3) is 0.847. The quantitative estimate of drug-likeness (QED) is 0.584. The molecule has 2 aliphatic rings. The van der Waals surface area contributed by atoms with Gasteiger partial charge in [0.2, 0.25) is 0 Å². The number of rotatable bonds is 1. The second-order valence-corrected chi connectivity index (χ2v) is 3.33. The van der Waals surface area contributed by atoms with E-state index < -0.39 is 0 Å². The average molecular weight is 162 g/mol. The van der Waals surface area contributed by atoms with Crippen molar-refractivity contribution in [3.05, 3.63) is 29.8 Å². The normalized spacial score (nSPS) is 31.0. The van der Waals surface area contributed by atoms with E-state index in [-0.39, 0.29) is 0 Å². The number of hydrogen-bond acceptors (Lipinski definition) is 2. The van der Waals surface area contributed by atoms with Crippen LogP contribution in [0.1, 0.15) is 11.5 Å². The van der Waals surface area contributed by atoms with E-state index in [4.69, 9.17) is 9.47 Å². The summed E-state index contributed by atoms with van der Waals surface area (Å²) < 4.78 is 10.8. The molecular weight excluding hydrogens is 152 g/mol. The van der Waals surface area contributed by atoms with Crippen LogP contribution in [0.3, 0.4) is 0 Å². The highest BCUT2D eigenvalue weighted by molar-refractivity contribution is 5.40. The molecule has 0 N–H and O–H groups in total. The van der Waals surface area contributed by atoms with Gasteiger partial charge in [-0.3, -0.25) is 0 Å². The molecule has 62 valence electrons. The van der Waals surface area contributed by atoms with Crippen molar-refractivity contribution >= 4 is 0 Å². The van der Waals surface area contributed by atoms with Crippen LogP contribution in [0, 0.1) is 0 Å². The van der Waals surface area contributed by atoms with Gasteiger partial charge in [0.1, 0.15) is 5.75 Å². The molecule has 12 heavy (non-hydrogen) atoms. The largest absolute Gasteiger partial charge is 0.493 e. The molecule has 2 heterocycles. The molecule has 0 amide bonds. The molecule has 1 aromatic carbocycles. The van der Waals surface area contributed by atoms with E-state index in [2.05, 4.69) is 12.1 Å². The van der Waals surface area contributed by atoms with Gasteiger partial charge in [-0.15, -0.1) is 0 Å². The summed E-state index contributed by atoms with van der Waals surface area (Å²) >= 11 is 0. The van der Waals surface area contributed by atoms with Crippen LogP contribution in [-0.2, 0) is 4.74 Å². The van der Waals surface area contributed by atoms with E-state index in [0.29, 0.717) is 12.0 Å². The van der Waals surface area contributed by atoms with Crippen LogP contribution in [-0.4, -0.2) is 19.3 Å². The number of fused-ring (bicyclic) bond motifs is 1. The summed E-state index contributed by atoms with van der Waals surface area (Å²) in [5.74, 6) is 1.53. The highest BCUT2D eigenvalue weighted by atomic mass is 16.6. The minimum Gasteiger partial charge on any atom is -0.493 e. The number of para-hydroxylation sites is 1. The number of benzene rings is 1. The summed E-state index contributed by atoms with van der Waals surface area (Å²) in [5, 5.41) is 0. The summed E-state index contributed by atoms with van der Waals surface area (Å²) in [6, 6.07) is 8.23. The summed E-state index contributed by atoms with van der Waals surface area (Å²) in [6.45, 7) is 1.70. The first kappa shape index (κ1) is 6.49. The highest BCUT2D eigenvalue weighted by Gasteiger charge is 2.38. The van der Waals surface area contributed by atoms with Gasteiger partial charge in [0.25, 0.3) is 0 Å². The number of epoxide rings is 1. The molecule has 0 aliphatic carbocycles. The smallest absolute Gasteiger partial charge is 0.123 e. The van der Waals surface area contributed by atoms with Gasteiger partial charge in [-0.05, 0) is 6.07 Å². The zero-order valence-corrected chi connectivity index (χ0v) is 6.69. The van der Waals surface area contributed by atoms with Crippen LogP contribution in [0.15, 0.2) is 24.3 Å². The van der Waals surface area contributed by atoms with Crippen LogP contribution >= 0.6 is 0 Å². The minimum atomic E-state index is 0.425. The monoisotopic (exact) mass is 162 g/mol. The third-order valence-electron chi connectivity index (χ3n) is 2.54. The lowest BCUT2D eigenvalue weighted by atomic mass is 9.99. The van der Waals surface area contributed by atoms with Crippen molar-refractivity contribution in [2.45, 2.75) is 12.0 Å². The van der Waals surface area contributed by atoms with Gasteiger partial charge in [0.05, 0.1) is 25.2 Å². The van der Waals surface area contributed by atoms with E-state index in [1.807, 2.05) is 12.1 Å². The maximum Gasteiger partial charge on any atom is 0.123 e. The second kappa shape index (κ2) is 2.23. The number of ether oxygens (including phenoxy) is 2. The van der Waals surface area contributed by atoms with E-state index in [9.17, 15) is 0 Å². The Morgan fingerprint density at radius 3 is 2.83 bits per heavy atom. The van der Waals surface area contributed by atoms with Crippen molar-refractivity contribution in [2.75, 3.05) is 13.2 Å². The fraction of sp³-hybridized carbons (Fsp3) is 0.400. The zero-order valence-electron chi connectivity index (χ0n) is 6.69. The van der Waals surface area contributed by atoms with E-state index >= 15 is 0 Å². The molecule has 0 saturated carbocycles. The Hall–Kier alpha value is -1.02. The third-order valence-corrected chi connectivity index (χ3v) is 2.54. The molecule has 1 saturated heterocycles. The SMILES string of the molecule is c1ccc2c(c1)OCC2C1CO1. The molecule has 0 bridgehead atoms. The molecule has 2 unspecified atom stereocenters. The Bertz CT molecular complexity index is 304. The molecular formula is C10H10O2. The lowest BCUT2D eigenvalue weighted by Crippen LogP contribution is -2.07. The Morgan fingerprint density at radius 2 is 2.00 bits per heavy atom. The van der Waals surface area contributed by atoms with Crippen LogP contribution < -0.4 is 4.74 Å². The van der Waals surface area contributed by atoms with Crippen molar-refractivity contribution in [3.63, 3.8) is 0 Å². The van der Waals surface area contributed by atoms with Gasteiger partial charge in [0, 0.05) is 5.56 Å². The Labute approximate surface area is 71.1 Å². The molecule has 1 fully saturated rings. The van der Waals surface area contributed by atoms with Crippen LogP contribution in [0.25, 0.3) is 0 Å². The Balaban J connectivity index is 2.01.